The molecule has 2 heterocycles. The number of para-hydroxylation sites is 1. The smallest absolute Gasteiger partial charge is 0.160 e. The van der Waals surface area contributed by atoms with Crippen molar-refractivity contribution in [2.24, 2.45) is 24.8 Å². The number of nitrogens with one attached hydrogen (secondary N) is 1. The predicted octanol–water partition coefficient (Wildman–Crippen LogP) is 5.23. The lowest BCUT2D eigenvalue weighted by Crippen LogP contribution is -2.54. The van der Waals surface area contributed by atoms with E-state index < -0.39 is 0 Å². The number of hydrogen-bond acceptors (Lipinski definition) is 3. The summed E-state index contributed by atoms with van der Waals surface area (Å²) in [5, 5.41) is 11.3. The molecule has 4 bridgehead atoms. The van der Waals surface area contributed by atoms with Crippen LogP contribution in [0.2, 0.25) is 0 Å². The van der Waals surface area contributed by atoms with Gasteiger partial charge in [-0.3, -0.25) is 4.68 Å². The summed E-state index contributed by atoms with van der Waals surface area (Å²) in [4.78, 5) is 4.91. The first-order chi connectivity index (χ1) is 12.6. The van der Waals surface area contributed by atoms with Gasteiger partial charge in [0.25, 0.3) is 0 Å². The largest absolute Gasteiger partial charge is 0.378 e. The highest BCUT2D eigenvalue weighted by atomic mass is 35.5. The van der Waals surface area contributed by atoms with Crippen LogP contribution in [0.1, 0.15) is 44.2 Å². The van der Waals surface area contributed by atoms with Gasteiger partial charge in [-0.1, -0.05) is 18.2 Å². The second kappa shape index (κ2) is 5.84. The summed E-state index contributed by atoms with van der Waals surface area (Å²) in [6.07, 6.45) is 8.45. The maximum atomic E-state index is 4.91. The SMILES string of the molecule is Cc1nn(C)c2nc3ccccc3c(NC34CC5CC(CC(C5)C3)C4)c12.Cl. The van der Waals surface area contributed by atoms with E-state index in [0.717, 1.165) is 34.6 Å². The zero-order valence-electron chi connectivity index (χ0n) is 16.0. The van der Waals surface area contributed by atoms with E-state index >= 15 is 0 Å². The zero-order chi connectivity index (χ0) is 17.5. The van der Waals surface area contributed by atoms with Gasteiger partial charge < -0.3 is 5.32 Å². The third kappa shape index (κ3) is 2.49. The van der Waals surface area contributed by atoms with Crippen molar-refractivity contribution >= 4 is 40.0 Å². The summed E-state index contributed by atoms with van der Waals surface area (Å²) in [6, 6.07) is 8.56. The van der Waals surface area contributed by atoms with Crippen LogP contribution in [0.15, 0.2) is 24.3 Å². The summed E-state index contributed by atoms with van der Waals surface area (Å²) >= 11 is 0. The van der Waals surface area contributed by atoms with E-state index in [0.29, 0.717) is 0 Å². The molecule has 4 aliphatic carbocycles. The van der Waals surface area contributed by atoms with Gasteiger partial charge in [0, 0.05) is 18.0 Å². The Balaban J connectivity index is 0.00000160. The molecule has 27 heavy (non-hydrogen) atoms. The minimum absolute atomic E-state index is 0. The van der Waals surface area contributed by atoms with E-state index in [-0.39, 0.29) is 17.9 Å². The minimum atomic E-state index is 0. The third-order valence-electron chi connectivity index (χ3n) is 7.27. The Bertz CT molecular complexity index is 1000. The van der Waals surface area contributed by atoms with Gasteiger partial charge in [-0.25, -0.2) is 4.98 Å². The van der Waals surface area contributed by atoms with Crippen molar-refractivity contribution in [3.63, 3.8) is 0 Å². The molecule has 142 valence electrons. The van der Waals surface area contributed by atoms with Gasteiger partial charge in [0.2, 0.25) is 0 Å². The van der Waals surface area contributed by atoms with Crippen molar-refractivity contribution in [2.45, 2.75) is 51.0 Å². The van der Waals surface area contributed by atoms with E-state index in [1.165, 1.54) is 55.0 Å². The number of benzene rings is 1. The molecule has 1 N–H and O–H groups in total. The lowest BCUT2D eigenvalue weighted by molar-refractivity contribution is 0.0108. The maximum absolute atomic E-state index is 4.91. The molecule has 5 heteroatoms. The lowest BCUT2D eigenvalue weighted by atomic mass is 9.53. The van der Waals surface area contributed by atoms with Gasteiger partial charge >= 0.3 is 0 Å². The molecule has 0 atom stereocenters. The maximum Gasteiger partial charge on any atom is 0.160 e. The van der Waals surface area contributed by atoms with Crippen molar-refractivity contribution in [3.8, 4) is 0 Å². The number of pyridine rings is 1. The van der Waals surface area contributed by atoms with Gasteiger partial charge in [-0.05, 0) is 69.3 Å². The molecule has 4 fully saturated rings. The Labute approximate surface area is 166 Å². The molecule has 2 aromatic heterocycles. The molecule has 1 aromatic carbocycles. The second-order valence-corrected chi connectivity index (χ2v) is 9.23. The van der Waals surface area contributed by atoms with Crippen LogP contribution in [0.5, 0.6) is 0 Å². The lowest BCUT2D eigenvalue weighted by Gasteiger charge is -2.57. The molecular weight excluding hydrogens is 356 g/mol. The monoisotopic (exact) mass is 382 g/mol. The van der Waals surface area contributed by atoms with E-state index in [1.807, 2.05) is 11.7 Å². The fourth-order valence-corrected chi connectivity index (χ4v) is 6.76. The Morgan fingerprint density at radius 1 is 1.04 bits per heavy atom. The van der Waals surface area contributed by atoms with Crippen LogP contribution >= 0.6 is 12.4 Å². The number of hydrogen-bond donors (Lipinski definition) is 1. The third-order valence-corrected chi connectivity index (χ3v) is 7.27. The fraction of sp³-hybridized carbons (Fsp3) is 0.545. The first-order valence-corrected chi connectivity index (χ1v) is 10.1. The van der Waals surface area contributed by atoms with Gasteiger partial charge in [-0.15, -0.1) is 12.4 Å². The first kappa shape index (κ1) is 17.3. The van der Waals surface area contributed by atoms with Gasteiger partial charge in [0.05, 0.1) is 22.3 Å². The molecule has 4 nitrogen and oxygen atoms in total. The van der Waals surface area contributed by atoms with Crippen LogP contribution in [0, 0.1) is 24.7 Å². The molecule has 4 saturated carbocycles. The highest BCUT2D eigenvalue weighted by Crippen LogP contribution is 2.57. The minimum Gasteiger partial charge on any atom is -0.378 e. The molecule has 0 amide bonds. The second-order valence-electron chi connectivity index (χ2n) is 9.23. The topological polar surface area (TPSA) is 42.7 Å². The molecule has 0 aliphatic heterocycles. The number of fused-ring (bicyclic) bond motifs is 2. The number of nitrogens with zero attached hydrogens (tertiary/aromatic N) is 3. The molecule has 4 aliphatic rings. The van der Waals surface area contributed by atoms with Crippen LogP contribution in [0.4, 0.5) is 5.69 Å². The molecule has 0 saturated heterocycles. The van der Waals surface area contributed by atoms with E-state index in [1.54, 1.807) is 0 Å². The molecule has 0 radical (unpaired) electrons. The average Bonchev–Trinajstić information content (AvgIpc) is 2.87. The van der Waals surface area contributed by atoms with Crippen molar-refractivity contribution < 1.29 is 0 Å². The summed E-state index contributed by atoms with van der Waals surface area (Å²) in [7, 11) is 2.01. The number of aromatic nitrogens is 3. The van der Waals surface area contributed by atoms with Crippen molar-refractivity contribution in [2.75, 3.05) is 5.32 Å². The van der Waals surface area contributed by atoms with Crippen LogP contribution in [-0.2, 0) is 7.05 Å². The van der Waals surface area contributed by atoms with E-state index in [4.69, 9.17) is 4.98 Å². The molecule has 0 spiro atoms. The molecule has 0 unspecified atom stereocenters. The Hall–Kier alpha value is -1.81. The van der Waals surface area contributed by atoms with Crippen molar-refractivity contribution in [1.82, 2.24) is 14.8 Å². The quantitative estimate of drug-likeness (QED) is 0.659. The summed E-state index contributed by atoms with van der Waals surface area (Å²) in [5.74, 6) is 2.81. The number of rotatable bonds is 2. The molecule has 7 rings (SSSR count). The Kier molecular flexibility index (Phi) is 3.74. The van der Waals surface area contributed by atoms with Crippen molar-refractivity contribution in [1.29, 1.82) is 0 Å². The summed E-state index contributed by atoms with van der Waals surface area (Å²) in [6.45, 7) is 2.11. The molecule has 3 aromatic rings. The van der Waals surface area contributed by atoms with Gasteiger partial charge in [0.15, 0.2) is 5.65 Å². The Morgan fingerprint density at radius 3 is 2.33 bits per heavy atom. The highest BCUT2D eigenvalue weighted by molar-refractivity contribution is 6.07. The normalized spacial score (nSPS) is 31.4. The number of aryl methyl sites for hydroxylation is 2. The first-order valence-electron chi connectivity index (χ1n) is 10.1. The van der Waals surface area contributed by atoms with Crippen molar-refractivity contribution in [3.05, 3.63) is 30.0 Å². The van der Waals surface area contributed by atoms with Crippen LogP contribution < -0.4 is 5.32 Å². The summed E-state index contributed by atoms with van der Waals surface area (Å²) < 4.78 is 1.93. The van der Waals surface area contributed by atoms with Gasteiger partial charge in [0.1, 0.15) is 0 Å². The average molecular weight is 383 g/mol. The van der Waals surface area contributed by atoms with Crippen LogP contribution in [0.3, 0.4) is 0 Å². The molecular formula is C22H27ClN4. The number of anilines is 1. The fourth-order valence-electron chi connectivity index (χ4n) is 6.76. The Morgan fingerprint density at radius 2 is 1.67 bits per heavy atom. The number of halogens is 1. The highest BCUT2D eigenvalue weighted by Gasteiger charge is 2.51. The van der Waals surface area contributed by atoms with E-state index in [9.17, 15) is 0 Å². The zero-order valence-corrected chi connectivity index (χ0v) is 16.9. The van der Waals surface area contributed by atoms with Gasteiger partial charge in [-0.2, -0.15) is 5.10 Å². The standard InChI is InChI=1S/C22H26N4.ClH/c1-13-19-20(17-5-3-4-6-18(17)23-21(19)26(2)25-13)24-22-10-14-7-15(11-22)9-16(8-14)12-22;/h3-6,14-16H,7-12H2,1-2H3,(H,23,24);1H. The predicted molar refractivity (Wildman–Crippen MR) is 113 cm³/mol. The van der Waals surface area contributed by atoms with Crippen LogP contribution in [-0.4, -0.2) is 20.3 Å². The van der Waals surface area contributed by atoms with Crippen LogP contribution in [0.25, 0.3) is 21.9 Å². The summed E-state index contributed by atoms with van der Waals surface area (Å²) in [5.41, 5.74) is 4.70. The van der Waals surface area contributed by atoms with E-state index in [2.05, 4.69) is 41.6 Å².